The lowest BCUT2D eigenvalue weighted by molar-refractivity contribution is 0.167. The van der Waals surface area contributed by atoms with E-state index in [2.05, 4.69) is 48.1 Å². The summed E-state index contributed by atoms with van der Waals surface area (Å²) in [5, 5.41) is 13.4. The third-order valence-corrected chi connectivity index (χ3v) is 5.02. The van der Waals surface area contributed by atoms with E-state index in [1.165, 1.54) is 6.42 Å². The Morgan fingerprint density at radius 1 is 1.30 bits per heavy atom. The van der Waals surface area contributed by atoms with Gasteiger partial charge in [0.05, 0.1) is 6.07 Å². The average molecular weight is 335 g/mol. The van der Waals surface area contributed by atoms with E-state index < -0.39 is 5.54 Å². The molecule has 1 aromatic rings. The molecule has 1 aromatic carbocycles. The summed E-state index contributed by atoms with van der Waals surface area (Å²) in [6.45, 7) is 6.72. The number of nitrogens with one attached hydrogen (secondary N) is 1. The summed E-state index contributed by atoms with van der Waals surface area (Å²) >= 11 is 3.45. The Morgan fingerprint density at radius 2 is 1.95 bits per heavy atom. The third kappa shape index (κ3) is 3.17. The summed E-state index contributed by atoms with van der Waals surface area (Å²) in [4.78, 5) is 0. The number of benzene rings is 1. The van der Waals surface area contributed by atoms with E-state index in [1.54, 1.807) is 0 Å². The van der Waals surface area contributed by atoms with Crippen LogP contribution in [0.15, 0.2) is 28.7 Å². The molecule has 0 amide bonds. The lowest BCUT2D eigenvalue weighted by atomic mass is 9.65. The van der Waals surface area contributed by atoms with Crippen molar-refractivity contribution < 1.29 is 0 Å². The van der Waals surface area contributed by atoms with E-state index in [0.717, 1.165) is 23.0 Å². The summed E-state index contributed by atoms with van der Waals surface area (Å²) in [5.41, 5.74) is 0.606. The number of rotatable bonds is 3. The molecule has 1 aliphatic carbocycles. The third-order valence-electron chi connectivity index (χ3n) is 4.49. The van der Waals surface area contributed by atoms with Gasteiger partial charge in [0.2, 0.25) is 0 Å². The van der Waals surface area contributed by atoms with Crippen LogP contribution in [0.3, 0.4) is 0 Å². The van der Waals surface area contributed by atoms with E-state index in [0.29, 0.717) is 17.8 Å². The second-order valence-corrected chi connectivity index (χ2v) is 7.37. The van der Waals surface area contributed by atoms with E-state index in [4.69, 9.17) is 0 Å². The molecule has 0 radical (unpaired) electrons. The zero-order valence-corrected chi connectivity index (χ0v) is 14.1. The first-order valence-electron chi connectivity index (χ1n) is 7.42. The first kappa shape index (κ1) is 15.4. The minimum atomic E-state index is -0.431. The predicted octanol–water partition coefficient (Wildman–Crippen LogP) is 5.22. The molecule has 0 spiro atoms. The average Bonchev–Trinajstić information content (AvgIpc) is 2.41. The molecule has 2 nitrogen and oxygen atoms in total. The zero-order chi connectivity index (χ0) is 14.8. The van der Waals surface area contributed by atoms with Crippen LogP contribution in [-0.4, -0.2) is 5.54 Å². The van der Waals surface area contributed by atoms with Gasteiger partial charge in [-0.1, -0.05) is 43.1 Å². The second kappa shape index (κ2) is 6.18. The molecule has 20 heavy (non-hydrogen) atoms. The second-order valence-electron chi connectivity index (χ2n) is 6.45. The number of halogens is 1. The van der Waals surface area contributed by atoms with Crippen LogP contribution in [-0.2, 0) is 0 Å². The molecule has 1 saturated carbocycles. The van der Waals surface area contributed by atoms with Crippen molar-refractivity contribution in [1.29, 1.82) is 5.26 Å². The fraction of sp³-hybridized carbons (Fsp3) is 0.588. The van der Waals surface area contributed by atoms with Gasteiger partial charge in [0.25, 0.3) is 0 Å². The summed E-state index contributed by atoms with van der Waals surface area (Å²) in [5.74, 6) is 1.53. The Bertz CT molecular complexity index is 489. The van der Waals surface area contributed by atoms with Crippen LogP contribution in [0.1, 0.15) is 40.0 Å². The fourth-order valence-electron chi connectivity index (χ4n) is 3.51. The quantitative estimate of drug-likeness (QED) is 0.822. The molecule has 0 heterocycles. The molecular formula is C17H23BrN2. The molecule has 108 valence electrons. The largest absolute Gasteiger partial charge is 0.367 e. The number of hydrogen-bond donors (Lipinski definition) is 1. The van der Waals surface area contributed by atoms with Crippen molar-refractivity contribution >= 4 is 21.6 Å². The van der Waals surface area contributed by atoms with Crippen LogP contribution in [0, 0.1) is 29.1 Å². The lowest BCUT2D eigenvalue weighted by Gasteiger charge is -2.44. The van der Waals surface area contributed by atoms with Gasteiger partial charge in [-0.25, -0.2) is 0 Å². The van der Waals surface area contributed by atoms with Crippen molar-refractivity contribution in [3.63, 3.8) is 0 Å². The highest BCUT2D eigenvalue weighted by Gasteiger charge is 2.44. The van der Waals surface area contributed by atoms with Crippen molar-refractivity contribution in [2.24, 2.45) is 17.8 Å². The van der Waals surface area contributed by atoms with Crippen LogP contribution < -0.4 is 5.32 Å². The highest BCUT2D eigenvalue weighted by molar-refractivity contribution is 9.10. The molecule has 2 rings (SSSR count). The van der Waals surface area contributed by atoms with Crippen LogP contribution in [0.4, 0.5) is 5.69 Å². The van der Waals surface area contributed by atoms with Gasteiger partial charge in [-0.15, -0.1) is 0 Å². The molecule has 0 aliphatic heterocycles. The first-order valence-corrected chi connectivity index (χ1v) is 8.21. The van der Waals surface area contributed by atoms with Crippen LogP contribution in [0.2, 0.25) is 0 Å². The molecule has 1 fully saturated rings. The summed E-state index contributed by atoms with van der Waals surface area (Å²) in [6.07, 6.45) is 3.30. The zero-order valence-electron chi connectivity index (χ0n) is 12.5. The van der Waals surface area contributed by atoms with Gasteiger partial charge < -0.3 is 5.32 Å². The first-order chi connectivity index (χ1) is 9.47. The van der Waals surface area contributed by atoms with Gasteiger partial charge >= 0.3 is 0 Å². The van der Waals surface area contributed by atoms with Crippen molar-refractivity contribution in [2.45, 2.75) is 45.6 Å². The van der Waals surface area contributed by atoms with E-state index in [-0.39, 0.29) is 0 Å². The molecule has 3 heteroatoms. The van der Waals surface area contributed by atoms with E-state index in [1.807, 2.05) is 24.3 Å². The van der Waals surface area contributed by atoms with Gasteiger partial charge in [0, 0.05) is 10.2 Å². The maximum absolute atomic E-state index is 9.87. The Morgan fingerprint density at radius 3 is 2.50 bits per heavy atom. The molecular weight excluding hydrogens is 312 g/mol. The van der Waals surface area contributed by atoms with Gasteiger partial charge in [0.1, 0.15) is 5.54 Å². The van der Waals surface area contributed by atoms with Crippen LogP contribution in [0.25, 0.3) is 0 Å². The summed E-state index contributed by atoms with van der Waals surface area (Å²) < 4.78 is 1.06. The monoisotopic (exact) mass is 334 g/mol. The topological polar surface area (TPSA) is 35.8 Å². The number of nitriles is 1. The van der Waals surface area contributed by atoms with E-state index >= 15 is 0 Å². The number of nitrogens with zero attached hydrogens (tertiary/aromatic N) is 1. The predicted molar refractivity (Wildman–Crippen MR) is 87.5 cm³/mol. The Balaban J connectivity index is 2.29. The maximum Gasteiger partial charge on any atom is 0.128 e. The van der Waals surface area contributed by atoms with Gasteiger partial charge in [-0.05, 0) is 54.9 Å². The van der Waals surface area contributed by atoms with Gasteiger partial charge in [0.15, 0.2) is 0 Å². The molecule has 1 N–H and O–H groups in total. The molecule has 3 atom stereocenters. The molecule has 1 aliphatic rings. The maximum atomic E-state index is 9.87. The van der Waals surface area contributed by atoms with E-state index in [9.17, 15) is 5.26 Å². The Labute approximate surface area is 130 Å². The molecule has 0 saturated heterocycles. The molecule has 0 bridgehead atoms. The summed E-state index contributed by atoms with van der Waals surface area (Å²) in [7, 11) is 0. The van der Waals surface area contributed by atoms with Gasteiger partial charge in [-0.2, -0.15) is 5.26 Å². The normalized spacial score (nSPS) is 30.0. The van der Waals surface area contributed by atoms with Gasteiger partial charge in [-0.3, -0.25) is 0 Å². The minimum Gasteiger partial charge on any atom is -0.367 e. The number of hydrogen-bond acceptors (Lipinski definition) is 2. The van der Waals surface area contributed by atoms with Crippen LogP contribution in [0.5, 0.6) is 0 Å². The van der Waals surface area contributed by atoms with Crippen LogP contribution >= 0.6 is 15.9 Å². The standard InChI is InChI=1S/C17H23BrN2/c1-12(2)16-9-4-13(3)10-17(16,11-19)20-15-7-5-14(18)6-8-15/h5-8,12-13,16,20H,4,9-10H2,1-3H3. The highest BCUT2D eigenvalue weighted by atomic mass is 79.9. The molecule has 0 aromatic heterocycles. The Hall–Kier alpha value is -1.01. The lowest BCUT2D eigenvalue weighted by Crippen LogP contribution is -2.50. The minimum absolute atomic E-state index is 0.410. The van der Waals surface area contributed by atoms with Crippen molar-refractivity contribution in [3.05, 3.63) is 28.7 Å². The van der Waals surface area contributed by atoms with Crippen molar-refractivity contribution in [2.75, 3.05) is 5.32 Å². The van der Waals surface area contributed by atoms with Crippen molar-refractivity contribution in [3.8, 4) is 6.07 Å². The number of anilines is 1. The summed E-state index contributed by atoms with van der Waals surface area (Å²) in [6, 6.07) is 10.7. The van der Waals surface area contributed by atoms with Crippen molar-refractivity contribution in [1.82, 2.24) is 0 Å². The Kier molecular flexibility index (Phi) is 4.75. The fourth-order valence-corrected chi connectivity index (χ4v) is 3.77. The smallest absolute Gasteiger partial charge is 0.128 e. The molecule has 3 unspecified atom stereocenters. The SMILES string of the molecule is CC1CCC(C(C)C)C(C#N)(Nc2ccc(Br)cc2)C1. The highest BCUT2D eigenvalue weighted by Crippen LogP contribution is 2.42.